The van der Waals surface area contributed by atoms with Crippen LogP contribution in [0.4, 0.5) is 0 Å². The number of aliphatic hydroxyl groups excluding tert-OH is 6. The maximum absolute atomic E-state index is 8.56. The zero-order valence-electron chi connectivity index (χ0n) is 16.1. The third-order valence-corrected chi connectivity index (χ3v) is 1.80. The van der Waals surface area contributed by atoms with E-state index in [4.69, 9.17) is 40.1 Å². The van der Waals surface area contributed by atoms with Crippen molar-refractivity contribution in [2.75, 3.05) is 39.6 Å². The molecule has 0 aliphatic carbocycles. The van der Waals surface area contributed by atoms with Crippen LogP contribution >= 0.6 is 0 Å². The molecule has 0 aliphatic rings. The van der Waals surface area contributed by atoms with Crippen molar-refractivity contribution in [1.82, 2.24) is 0 Å². The molecule has 0 saturated heterocycles. The molecule has 0 aromatic carbocycles. The zero-order chi connectivity index (χ0) is 20.0. The van der Waals surface area contributed by atoms with Gasteiger partial charge in [-0.05, 0) is 41.5 Å². The predicted molar refractivity (Wildman–Crippen MR) is 93.9 cm³/mol. The van der Waals surface area contributed by atoms with Crippen molar-refractivity contribution in [2.24, 2.45) is 0 Å². The molecule has 0 radical (unpaired) electrons. The number of hydrogen-bond donors (Lipinski definition) is 6. The van der Waals surface area contributed by atoms with E-state index in [1.807, 2.05) is 20.8 Å². The van der Waals surface area contributed by atoms with E-state index in [0.29, 0.717) is 19.8 Å². The molecular formula is C16H40O8. The first kappa shape index (κ1) is 31.4. The molecule has 0 spiro atoms. The highest BCUT2D eigenvalue weighted by atomic mass is 16.5. The summed E-state index contributed by atoms with van der Waals surface area (Å²) in [5, 5.41) is 48.9. The van der Waals surface area contributed by atoms with Gasteiger partial charge in [0.05, 0.1) is 50.8 Å². The molecule has 0 saturated carbocycles. The van der Waals surface area contributed by atoms with Crippen LogP contribution in [-0.4, -0.2) is 94.7 Å². The fourth-order valence-electron chi connectivity index (χ4n) is 0.626. The van der Waals surface area contributed by atoms with Crippen LogP contribution in [0.5, 0.6) is 0 Å². The van der Waals surface area contributed by atoms with Crippen molar-refractivity contribution in [3.63, 3.8) is 0 Å². The minimum atomic E-state index is -0.560. The lowest BCUT2D eigenvalue weighted by molar-refractivity contribution is 0.0325. The Morgan fingerprint density at radius 2 is 1.04 bits per heavy atom. The van der Waals surface area contributed by atoms with Crippen molar-refractivity contribution in [3.8, 4) is 0 Å². The monoisotopic (exact) mass is 360 g/mol. The highest BCUT2D eigenvalue weighted by Gasteiger charge is 1.93. The van der Waals surface area contributed by atoms with Crippen molar-refractivity contribution >= 4 is 0 Å². The van der Waals surface area contributed by atoms with Gasteiger partial charge in [-0.3, -0.25) is 0 Å². The fraction of sp³-hybridized carbons (Fsp3) is 1.00. The van der Waals surface area contributed by atoms with Crippen LogP contribution in [-0.2, 0) is 9.47 Å². The van der Waals surface area contributed by atoms with Gasteiger partial charge >= 0.3 is 0 Å². The molecule has 0 aliphatic heterocycles. The summed E-state index contributed by atoms with van der Waals surface area (Å²) in [5.41, 5.74) is 0. The molecule has 0 amide bonds. The predicted octanol–water partition coefficient (Wildman–Crippen LogP) is -0.474. The molecule has 4 unspecified atom stereocenters. The molecular weight excluding hydrogens is 320 g/mol. The maximum Gasteiger partial charge on any atom is 0.0777 e. The van der Waals surface area contributed by atoms with E-state index in [-0.39, 0.29) is 32.0 Å². The highest BCUT2D eigenvalue weighted by molar-refractivity contribution is 4.41. The Morgan fingerprint density at radius 1 is 0.667 bits per heavy atom. The third kappa shape index (κ3) is 57.7. The molecule has 0 aromatic rings. The molecule has 0 bridgehead atoms. The van der Waals surface area contributed by atoms with E-state index < -0.39 is 12.2 Å². The molecule has 0 rings (SSSR count). The van der Waals surface area contributed by atoms with Crippen molar-refractivity contribution in [3.05, 3.63) is 0 Å². The fourth-order valence-corrected chi connectivity index (χ4v) is 0.626. The van der Waals surface area contributed by atoms with Crippen molar-refractivity contribution in [1.29, 1.82) is 0 Å². The lowest BCUT2D eigenvalue weighted by Gasteiger charge is -2.04. The standard InChI is InChI=1S/2C5H12O2.2C3H8O2/c1-3-7-4-5(2)6;1-3-7-5(2)4-6;2*1-3(5)2-4/h2*5-6H,3-4H2,1-2H3;2*3-5H,2H2,1H3. The van der Waals surface area contributed by atoms with Crippen LogP contribution in [0.2, 0.25) is 0 Å². The van der Waals surface area contributed by atoms with Gasteiger partial charge in [0, 0.05) is 13.2 Å². The average molecular weight is 360 g/mol. The van der Waals surface area contributed by atoms with Gasteiger partial charge in [-0.1, -0.05) is 0 Å². The summed E-state index contributed by atoms with van der Waals surface area (Å²) < 4.78 is 9.79. The molecule has 8 nitrogen and oxygen atoms in total. The lowest BCUT2D eigenvalue weighted by Crippen LogP contribution is -2.11. The second-order valence-electron chi connectivity index (χ2n) is 5.02. The zero-order valence-corrected chi connectivity index (χ0v) is 16.1. The Labute approximate surface area is 146 Å². The van der Waals surface area contributed by atoms with Crippen molar-refractivity contribution < 1.29 is 40.1 Å². The van der Waals surface area contributed by atoms with Crippen LogP contribution < -0.4 is 0 Å². The largest absolute Gasteiger partial charge is 0.394 e. The quantitative estimate of drug-likeness (QED) is 0.341. The topological polar surface area (TPSA) is 140 Å². The summed E-state index contributed by atoms with van der Waals surface area (Å²) in [4.78, 5) is 0. The first-order valence-electron chi connectivity index (χ1n) is 8.18. The normalized spacial score (nSPS) is 14.5. The maximum atomic E-state index is 8.56. The molecule has 0 heterocycles. The summed E-state index contributed by atoms with van der Waals surface area (Å²) in [7, 11) is 0. The van der Waals surface area contributed by atoms with Gasteiger partial charge in [0.2, 0.25) is 0 Å². The summed E-state index contributed by atoms with van der Waals surface area (Å²) in [6.07, 6.45) is -1.44. The van der Waals surface area contributed by atoms with Gasteiger partial charge in [0.1, 0.15) is 0 Å². The smallest absolute Gasteiger partial charge is 0.0777 e. The van der Waals surface area contributed by atoms with Gasteiger partial charge in [-0.15, -0.1) is 0 Å². The van der Waals surface area contributed by atoms with E-state index in [1.54, 1.807) is 6.92 Å². The minimum Gasteiger partial charge on any atom is -0.394 e. The van der Waals surface area contributed by atoms with E-state index >= 15 is 0 Å². The number of rotatable bonds is 8. The Kier molecular flexibility index (Phi) is 36.1. The molecule has 4 atom stereocenters. The molecule has 6 N–H and O–H groups in total. The molecule has 0 aromatic heterocycles. The summed E-state index contributed by atoms with van der Waals surface area (Å²) >= 11 is 0. The molecule has 24 heavy (non-hydrogen) atoms. The Hall–Kier alpha value is -0.320. The summed E-state index contributed by atoms with van der Waals surface area (Å²) in [6, 6.07) is 0. The van der Waals surface area contributed by atoms with E-state index in [2.05, 4.69) is 0 Å². The summed E-state index contributed by atoms with van der Waals surface area (Å²) in [5.74, 6) is 0. The van der Waals surface area contributed by atoms with E-state index in [1.165, 1.54) is 13.8 Å². The Morgan fingerprint density at radius 3 is 1.12 bits per heavy atom. The number of hydrogen-bond acceptors (Lipinski definition) is 8. The average Bonchev–Trinajstić information content (AvgIpc) is 2.54. The third-order valence-electron chi connectivity index (χ3n) is 1.80. The first-order valence-corrected chi connectivity index (χ1v) is 8.18. The van der Waals surface area contributed by atoms with Crippen LogP contribution in [0, 0.1) is 0 Å². The van der Waals surface area contributed by atoms with Crippen LogP contribution in [0.1, 0.15) is 41.5 Å². The van der Waals surface area contributed by atoms with Crippen LogP contribution in [0.25, 0.3) is 0 Å². The number of aliphatic hydroxyl groups is 6. The van der Waals surface area contributed by atoms with Crippen LogP contribution in [0.15, 0.2) is 0 Å². The van der Waals surface area contributed by atoms with E-state index in [9.17, 15) is 0 Å². The number of ether oxygens (including phenoxy) is 2. The van der Waals surface area contributed by atoms with Gasteiger partial charge < -0.3 is 40.1 Å². The first-order chi connectivity index (χ1) is 11.1. The summed E-state index contributed by atoms with van der Waals surface area (Å²) in [6.45, 7) is 12.1. The molecule has 0 fully saturated rings. The Balaban J connectivity index is -0.000000113. The Bertz CT molecular complexity index is 181. The lowest BCUT2D eigenvalue weighted by atomic mass is 10.4. The highest BCUT2D eigenvalue weighted by Crippen LogP contribution is 1.84. The van der Waals surface area contributed by atoms with Gasteiger partial charge in [-0.2, -0.15) is 0 Å². The van der Waals surface area contributed by atoms with Crippen LogP contribution in [0.3, 0.4) is 0 Å². The van der Waals surface area contributed by atoms with Crippen molar-refractivity contribution in [2.45, 2.75) is 66.0 Å². The minimum absolute atomic E-state index is 0.00463. The second kappa shape index (κ2) is 27.5. The van der Waals surface area contributed by atoms with Gasteiger partial charge in [0.15, 0.2) is 0 Å². The molecule has 152 valence electrons. The molecule has 8 heteroatoms. The van der Waals surface area contributed by atoms with E-state index in [0.717, 1.165) is 0 Å². The van der Waals surface area contributed by atoms with Gasteiger partial charge in [-0.25, -0.2) is 0 Å². The second-order valence-corrected chi connectivity index (χ2v) is 5.02. The SMILES string of the molecule is CC(O)CO.CC(O)CO.CCOC(C)CO.CCOCC(C)O. The van der Waals surface area contributed by atoms with Gasteiger partial charge in [0.25, 0.3) is 0 Å².